The molecule has 0 radical (unpaired) electrons. The van der Waals surface area contributed by atoms with Gasteiger partial charge in [-0.05, 0) is 43.7 Å². The molecule has 5 heteroatoms. The summed E-state index contributed by atoms with van der Waals surface area (Å²) < 4.78 is 2.03. The molecule has 20 heavy (non-hydrogen) atoms. The van der Waals surface area contributed by atoms with E-state index in [2.05, 4.69) is 35.8 Å². The molecule has 5 nitrogen and oxygen atoms in total. The van der Waals surface area contributed by atoms with Crippen molar-refractivity contribution in [3.05, 3.63) is 12.2 Å². The predicted octanol–water partition coefficient (Wildman–Crippen LogP) is 1.92. The second-order valence-corrected chi connectivity index (χ2v) is 6.54. The Morgan fingerprint density at radius 2 is 2.05 bits per heavy atom. The normalized spacial score (nSPS) is 19.6. The topological polar surface area (TPSA) is 54.2 Å². The summed E-state index contributed by atoms with van der Waals surface area (Å²) in [6, 6.07) is 0. The van der Waals surface area contributed by atoms with Crippen LogP contribution in [0.1, 0.15) is 45.9 Å². The number of rotatable bonds is 6. The first kappa shape index (κ1) is 15.4. The van der Waals surface area contributed by atoms with E-state index in [0.29, 0.717) is 12.5 Å². The molecule has 114 valence electrons. The SMILES string of the molecule is CCC1(CO)CCN(Cc2ncnn2CC(C)C)CC1. The average molecular weight is 280 g/mol. The van der Waals surface area contributed by atoms with Gasteiger partial charge in [-0.25, -0.2) is 9.67 Å². The van der Waals surface area contributed by atoms with Crippen molar-refractivity contribution in [1.29, 1.82) is 0 Å². The minimum Gasteiger partial charge on any atom is -0.396 e. The molecule has 1 saturated heterocycles. The number of likely N-dealkylation sites (tertiary alicyclic amines) is 1. The Balaban J connectivity index is 1.91. The molecule has 1 fully saturated rings. The largest absolute Gasteiger partial charge is 0.396 e. The van der Waals surface area contributed by atoms with Crippen LogP contribution in [0.5, 0.6) is 0 Å². The minimum absolute atomic E-state index is 0.155. The molecule has 0 saturated carbocycles. The summed E-state index contributed by atoms with van der Waals surface area (Å²) in [4.78, 5) is 6.84. The van der Waals surface area contributed by atoms with Gasteiger partial charge in [-0.1, -0.05) is 20.8 Å². The molecule has 1 N–H and O–H groups in total. The van der Waals surface area contributed by atoms with E-state index in [0.717, 1.165) is 51.3 Å². The third kappa shape index (κ3) is 3.58. The van der Waals surface area contributed by atoms with Crippen LogP contribution in [0.15, 0.2) is 6.33 Å². The zero-order valence-electron chi connectivity index (χ0n) is 13.0. The van der Waals surface area contributed by atoms with E-state index in [1.807, 2.05) is 4.68 Å². The second kappa shape index (κ2) is 6.68. The van der Waals surface area contributed by atoms with Crippen LogP contribution in [0.2, 0.25) is 0 Å². The molecule has 0 unspecified atom stereocenters. The van der Waals surface area contributed by atoms with Crippen molar-refractivity contribution in [3.63, 3.8) is 0 Å². The van der Waals surface area contributed by atoms with Crippen molar-refractivity contribution in [2.24, 2.45) is 11.3 Å². The Labute approximate surface area is 122 Å². The number of piperidine rings is 1. The van der Waals surface area contributed by atoms with Gasteiger partial charge in [0, 0.05) is 13.2 Å². The highest BCUT2D eigenvalue weighted by Crippen LogP contribution is 2.34. The van der Waals surface area contributed by atoms with Crippen LogP contribution in [-0.4, -0.2) is 44.5 Å². The fourth-order valence-electron chi connectivity index (χ4n) is 2.92. The predicted molar refractivity (Wildman–Crippen MR) is 79.2 cm³/mol. The highest BCUT2D eigenvalue weighted by Gasteiger charge is 2.32. The molecular formula is C15H28N4O. The highest BCUT2D eigenvalue weighted by atomic mass is 16.3. The van der Waals surface area contributed by atoms with E-state index >= 15 is 0 Å². The van der Waals surface area contributed by atoms with Gasteiger partial charge in [-0.2, -0.15) is 5.10 Å². The molecule has 2 rings (SSSR count). The highest BCUT2D eigenvalue weighted by molar-refractivity contribution is 4.89. The van der Waals surface area contributed by atoms with E-state index in [-0.39, 0.29) is 5.41 Å². The smallest absolute Gasteiger partial charge is 0.141 e. The maximum atomic E-state index is 9.58. The standard InChI is InChI=1S/C15H28N4O/c1-4-15(11-20)5-7-18(8-6-15)10-14-16-12-17-19(14)9-13(2)3/h12-13,20H,4-11H2,1-3H3. The maximum absolute atomic E-state index is 9.58. The van der Waals surface area contributed by atoms with Gasteiger partial charge < -0.3 is 5.11 Å². The number of aliphatic hydroxyl groups excluding tert-OH is 1. The number of hydrogen-bond acceptors (Lipinski definition) is 4. The van der Waals surface area contributed by atoms with E-state index < -0.39 is 0 Å². The summed E-state index contributed by atoms with van der Waals surface area (Å²) in [6.07, 6.45) is 4.89. The van der Waals surface area contributed by atoms with Crippen LogP contribution >= 0.6 is 0 Å². The Morgan fingerprint density at radius 3 is 2.60 bits per heavy atom. The van der Waals surface area contributed by atoms with Gasteiger partial charge in [-0.3, -0.25) is 4.90 Å². The fourth-order valence-corrected chi connectivity index (χ4v) is 2.92. The van der Waals surface area contributed by atoms with Crippen LogP contribution in [0.25, 0.3) is 0 Å². The lowest BCUT2D eigenvalue weighted by Gasteiger charge is -2.40. The third-order valence-corrected chi connectivity index (χ3v) is 4.60. The van der Waals surface area contributed by atoms with Crippen molar-refractivity contribution in [2.45, 2.75) is 53.1 Å². The molecule has 1 aliphatic heterocycles. The lowest BCUT2D eigenvalue weighted by molar-refractivity contribution is 0.0368. The van der Waals surface area contributed by atoms with Gasteiger partial charge in [-0.15, -0.1) is 0 Å². The quantitative estimate of drug-likeness (QED) is 0.865. The van der Waals surface area contributed by atoms with Gasteiger partial charge in [0.25, 0.3) is 0 Å². The Morgan fingerprint density at radius 1 is 1.35 bits per heavy atom. The van der Waals surface area contributed by atoms with E-state index in [1.54, 1.807) is 6.33 Å². The van der Waals surface area contributed by atoms with Crippen LogP contribution in [0.4, 0.5) is 0 Å². The molecule has 1 aromatic rings. The van der Waals surface area contributed by atoms with E-state index in [1.165, 1.54) is 0 Å². The van der Waals surface area contributed by atoms with Crippen LogP contribution in [-0.2, 0) is 13.1 Å². The molecule has 2 heterocycles. The molecule has 0 spiro atoms. The van der Waals surface area contributed by atoms with Crippen LogP contribution < -0.4 is 0 Å². The minimum atomic E-state index is 0.155. The van der Waals surface area contributed by atoms with Gasteiger partial charge in [0.2, 0.25) is 0 Å². The summed E-state index contributed by atoms with van der Waals surface area (Å²) in [6.45, 7) is 10.8. The monoisotopic (exact) mass is 280 g/mol. The first-order valence-corrected chi connectivity index (χ1v) is 7.78. The molecule has 0 atom stereocenters. The van der Waals surface area contributed by atoms with Crippen LogP contribution in [0.3, 0.4) is 0 Å². The van der Waals surface area contributed by atoms with E-state index in [9.17, 15) is 5.11 Å². The molecule has 0 aromatic carbocycles. The molecule has 0 amide bonds. The van der Waals surface area contributed by atoms with Crippen molar-refractivity contribution >= 4 is 0 Å². The van der Waals surface area contributed by atoms with Gasteiger partial charge >= 0.3 is 0 Å². The summed E-state index contributed by atoms with van der Waals surface area (Å²) in [7, 11) is 0. The fraction of sp³-hybridized carbons (Fsp3) is 0.867. The van der Waals surface area contributed by atoms with Gasteiger partial charge in [0.15, 0.2) is 0 Å². The number of aliphatic hydroxyl groups is 1. The van der Waals surface area contributed by atoms with Crippen molar-refractivity contribution in [2.75, 3.05) is 19.7 Å². The molecule has 0 bridgehead atoms. The number of aromatic nitrogens is 3. The summed E-state index contributed by atoms with van der Waals surface area (Å²) >= 11 is 0. The molecule has 1 aromatic heterocycles. The van der Waals surface area contributed by atoms with Crippen LogP contribution in [0, 0.1) is 11.3 Å². The second-order valence-electron chi connectivity index (χ2n) is 6.54. The Hall–Kier alpha value is -0.940. The lowest BCUT2D eigenvalue weighted by atomic mass is 9.77. The summed E-state index contributed by atoms with van der Waals surface area (Å²) in [5, 5.41) is 13.9. The number of nitrogens with zero attached hydrogens (tertiary/aromatic N) is 4. The lowest BCUT2D eigenvalue weighted by Crippen LogP contribution is -2.41. The molecule has 1 aliphatic rings. The summed E-state index contributed by atoms with van der Waals surface area (Å²) in [5.41, 5.74) is 0.155. The first-order valence-electron chi connectivity index (χ1n) is 7.78. The van der Waals surface area contributed by atoms with E-state index in [4.69, 9.17) is 0 Å². The Bertz CT molecular complexity index is 402. The first-order chi connectivity index (χ1) is 9.58. The Kier molecular flexibility index (Phi) is 5.16. The summed E-state index contributed by atoms with van der Waals surface area (Å²) in [5.74, 6) is 1.64. The zero-order chi connectivity index (χ0) is 14.6. The number of hydrogen-bond donors (Lipinski definition) is 1. The van der Waals surface area contributed by atoms with Crippen molar-refractivity contribution in [1.82, 2.24) is 19.7 Å². The average Bonchev–Trinajstić information content (AvgIpc) is 2.86. The molecule has 0 aliphatic carbocycles. The molecular weight excluding hydrogens is 252 g/mol. The van der Waals surface area contributed by atoms with Crippen molar-refractivity contribution in [3.8, 4) is 0 Å². The van der Waals surface area contributed by atoms with Crippen molar-refractivity contribution < 1.29 is 5.11 Å². The third-order valence-electron chi connectivity index (χ3n) is 4.60. The zero-order valence-corrected chi connectivity index (χ0v) is 13.0. The maximum Gasteiger partial charge on any atom is 0.141 e. The van der Waals surface area contributed by atoms with Gasteiger partial charge in [0.05, 0.1) is 6.54 Å². The van der Waals surface area contributed by atoms with Gasteiger partial charge in [0.1, 0.15) is 12.2 Å².